The fourth-order valence-corrected chi connectivity index (χ4v) is 2.82. The number of aromatic amines is 1. The average Bonchev–Trinajstić information content (AvgIpc) is 2.98. The quantitative estimate of drug-likeness (QED) is 0.761. The van der Waals surface area contributed by atoms with Gasteiger partial charge in [-0.2, -0.15) is 5.10 Å². The summed E-state index contributed by atoms with van der Waals surface area (Å²) in [7, 11) is 0. The molecule has 0 radical (unpaired) electrons. The van der Waals surface area contributed by atoms with Gasteiger partial charge in [-0.15, -0.1) is 0 Å². The van der Waals surface area contributed by atoms with Crippen LogP contribution in [0.25, 0.3) is 10.9 Å². The first-order valence-electron chi connectivity index (χ1n) is 6.27. The molecule has 1 saturated heterocycles. The predicted molar refractivity (Wildman–Crippen MR) is 69.3 cm³/mol. The minimum absolute atomic E-state index is 0.0277. The Morgan fingerprint density at radius 2 is 2.10 bits per heavy atom. The van der Waals surface area contributed by atoms with E-state index in [1.807, 2.05) is 6.07 Å². The molecule has 0 spiro atoms. The summed E-state index contributed by atoms with van der Waals surface area (Å²) in [6.07, 6.45) is 0.0277. The molecule has 7 nitrogen and oxygen atoms in total. The van der Waals surface area contributed by atoms with Gasteiger partial charge in [0.05, 0.1) is 23.0 Å². The van der Waals surface area contributed by atoms with Crippen molar-refractivity contribution in [2.75, 3.05) is 11.4 Å². The molecule has 1 aromatic carbocycles. The summed E-state index contributed by atoms with van der Waals surface area (Å²) < 4.78 is 0. The Kier molecular flexibility index (Phi) is 2.04. The number of Topliss-reactive ketones (excluding diaryl/α,β-unsaturated/α-hetero) is 1. The fourth-order valence-electron chi connectivity index (χ4n) is 2.82. The molecule has 2 amide bonds. The molecule has 4 rings (SSSR count). The van der Waals surface area contributed by atoms with E-state index < -0.39 is 6.04 Å². The SMILES string of the molecule is O=C1CNC(=O)C(N2C(=O)c3cccc4[nH]nc2c34)C1. The van der Waals surface area contributed by atoms with Crippen LogP contribution in [0, 0.1) is 0 Å². The number of H-pyrrole nitrogens is 1. The number of carbonyl (C=O) groups is 3. The van der Waals surface area contributed by atoms with Gasteiger partial charge in [0.25, 0.3) is 5.91 Å². The summed E-state index contributed by atoms with van der Waals surface area (Å²) in [5.74, 6) is -0.264. The first-order chi connectivity index (χ1) is 9.66. The number of hydrogen-bond donors (Lipinski definition) is 2. The maximum Gasteiger partial charge on any atom is 0.261 e. The van der Waals surface area contributed by atoms with Crippen molar-refractivity contribution in [3.05, 3.63) is 23.8 Å². The average molecular weight is 270 g/mol. The van der Waals surface area contributed by atoms with Crippen molar-refractivity contribution in [3.8, 4) is 0 Å². The van der Waals surface area contributed by atoms with E-state index in [-0.39, 0.29) is 30.6 Å². The molecular formula is C13H10N4O3. The highest BCUT2D eigenvalue weighted by molar-refractivity contribution is 6.26. The van der Waals surface area contributed by atoms with Crippen molar-refractivity contribution in [1.82, 2.24) is 15.5 Å². The van der Waals surface area contributed by atoms with Gasteiger partial charge in [0.2, 0.25) is 5.91 Å². The van der Waals surface area contributed by atoms with E-state index in [0.29, 0.717) is 16.8 Å². The fraction of sp³-hybridized carbons (Fsp3) is 0.231. The number of aromatic nitrogens is 2. The Labute approximate surface area is 112 Å². The minimum atomic E-state index is -0.817. The van der Waals surface area contributed by atoms with Gasteiger partial charge in [-0.25, -0.2) is 0 Å². The van der Waals surface area contributed by atoms with Crippen LogP contribution in [0.3, 0.4) is 0 Å². The van der Waals surface area contributed by atoms with Gasteiger partial charge in [-0.3, -0.25) is 24.4 Å². The Morgan fingerprint density at radius 3 is 2.95 bits per heavy atom. The zero-order valence-electron chi connectivity index (χ0n) is 10.3. The van der Waals surface area contributed by atoms with E-state index >= 15 is 0 Å². The van der Waals surface area contributed by atoms with E-state index in [9.17, 15) is 14.4 Å². The maximum absolute atomic E-state index is 12.5. The second-order valence-corrected chi connectivity index (χ2v) is 4.93. The summed E-state index contributed by atoms with van der Waals surface area (Å²) in [5.41, 5.74) is 1.26. The molecule has 1 fully saturated rings. The number of amides is 2. The lowest BCUT2D eigenvalue weighted by molar-refractivity contribution is -0.131. The van der Waals surface area contributed by atoms with Gasteiger partial charge in [-0.05, 0) is 12.1 Å². The lowest BCUT2D eigenvalue weighted by Gasteiger charge is -2.28. The molecule has 3 heterocycles. The third kappa shape index (κ3) is 1.29. The number of piperidine rings is 1. The normalized spacial score (nSPS) is 21.7. The molecule has 2 aliphatic heterocycles. The van der Waals surface area contributed by atoms with Gasteiger partial charge in [0.15, 0.2) is 11.6 Å². The molecule has 2 aliphatic rings. The Hall–Kier alpha value is -2.70. The summed E-state index contributed by atoms with van der Waals surface area (Å²) >= 11 is 0. The van der Waals surface area contributed by atoms with Crippen LogP contribution in [0.5, 0.6) is 0 Å². The molecule has 0 saturated carbocycles. The van der Waals surface area contributed by atoms with Crippen LogP contribution in [0.15, 0.2) is 18.2 Å². The maximum atomic E-state index is 12.5. The Balaban J connectivity index is 1.86. The van der Waals surface area contributed by atoms with E-state index in [0.717, 1.165) is 5.52 Å². The first kappa shape index (κ1) is 11.2. The smallest absolute Gasteiger partial charge is 0.261 e. The van der Waals surface area contributed by atoms with Crippen molar-refractivity contribution < 1.29 is 14.4 Å². The van der Waals surface area contributed by atoms with Crippen LogP contribution in [-0.4, -0.2) is 40.4 Å². The number of nitrogens with one attached hydrogen (secondary N) is 2. The number of carbonyl (C=O) groups excluding carboxylic acids is 3. The molecule has 20 heavy (non-hydrogen) atoms. The van der Waals surface area contributed by atoms with Crippen LogP contribution >= 0.6 is 0 Å². The molecule has 2 N–H and O–H groups in total. The van der Waals surface area contributed by atoms with E-state index in [2.05, 4.69) is 15.5 Å². The number of anilines is 1. The number of rotatable bonds is 1. The largest absolute Gasteiger partial charge is 0.347 e. The van der Waals surface area contributed by atoms with Crippen LogP contribution in [0.2, 0.25) is 0 Å². The standard InChI is InChI=1S/C13H10N4O3/c18-6-4-9(12(19)14-5-6)17-11-10-7(13(17)20)2-1-3-8(10)15-16-11/h1-3,9H,4-5H2,(H,14,19)(H,15,16). The summed E-state index contributed by atoms with van der Waals surface area (Å²) in [6, 6.07) is 4.46. The van der Waals surface area contributed by atoms with Crippen LogP contribution in [-0.2, 0) is 9.59 Å². The van der Waals surface area contributed by atoms with E-state index in [4.69, 9.17) is 0 Å². The first-order valence-corrected chi connectivity index (χ1v) is 6.27. The molecule has 0 bridgehead atoms. The number of ketones is 1. The zero-order valence-corrected chi connectivity index (χ0v) is 10.3. The van der Waals surface area contributed by atoms with Crippen molar-refractivity contribution >= 4 is 34.3 Å². The van der Waals surface area contributed by atoms with Gasteiger partial charge in [0, 0.05) is 6.42 Å². The molecule has 0 aliphatic carbocycles. The lowest BCUT2D eigenvalue weighted by atomic mass is 10.0. The third-order valence-electron chi connectivity index (χ3n) is 3.74. The predicted octanol–water partition coefficient (Wildman–Crippen LogP) is -0.0193. The summed E-state index contributed by atoms with van der Waals surface area (Å²) in [5, 5.41) is 10.2. The molecule has 2 aromatic rings. The number of hydrogen-bond acceptors (Lipinski definition) is 4. The third-order valence-corrected chi connectivity index (χ3v) is 3.74. The van der Waals surface area contributed by atoms with Crippen LogP contribution < -0.4 is 10.2 Å². The van der Waals surface area contributed by atoms with Crippen molar-refractivity contribution in [2.45, 2.75) is 12.5 Å². The number of benzene rings is 1. The second-order valence-electron chi connectivity index (χ2n) is 4.93. The Bertz CT molecular complexity index is 779. The highest BCUT2D eigenvalue weighted by Gasteiger charge is 2.42. The topological polar surface area (TPSA) is 95.2 Å². The molecule has 1 aromatic heterocycles. The monoisotopic (exact) mass is 270 g/mol. The Morgan fingerprint density at radius 1 is 1.25 bits per heavy atom. The van der Waals surface area contributed by atoms with E-state index in [1.165, 1.54) is 4.90 Å². The van der Waals surface area contributed by atoms with Gasteiger partial charge < -0.3 is 5.32 Å². The molecule has 1 unspecified atom stereocenters. The summed E-state index contributed by atoms with van der Waals surface area (Å²) in [4.78, 5) is 37.3. The zero-order chi connectivity index (χ0) is 13.9. The number of nitrogens with zero attached hydrogens (tertiary/aromatic N) is 2. The summed E-state index contributed by atoms with van der Waals surface area (Å²) in [6.45, 7) is 0.0281. The molecule has 1 atom stereocenters. The van der Waals surface area contributed by atoms with Gasteiger partial charge >= 0.3 is 0 Å². The molecule has 100 valence electrons. The second kappa shape index (κ2) is 3.66. The van der Waals surface area contributed by atoms with Crippen LogP contribution in [0.1, 0.15) is 16.8 Å². The molecular weight excluding hydrogens is 260 g/mol. The van der Waals surface area contributed by atoms with Crippen molar-refractivity contribution in [1.29, 1.82) is 0 Å². The highest BCUT2D eigenvalue weighted by atomic mass is 16.2. The van der Waals surface area contributed by atoms with Gasteiger partial charge in [-0.1, -0.05) is 6.07 Å². The molecule has 7 heteroatoms. The minimum Gasteiger partial charge on any atom is -0.347 e. The lowest BCUT2D eigenvalue weighted by Crippen LogP contribution is -2.54. The van der Waals surface area contributed by atoms with Gasteiger partial charge in [0.1, 0.15) is 6.04 Å². The van der Waals surface area contributed by atoms with Crippen molar-refractivity contribution in [3.63, 3.8) is 0 Å². The van der Waals surface area contributed by atoms with E-state index in [1.54, 1.807) is 12.1 Å². The highest BCUT2D eigenvalue weighted by Crippen LogP contribution is 2.37. The van der Waals surface area contributed by atoms with Crippen LogP contribution in [0.4, 0.5) is 5.82 Å². The van der Waals surface area contributed by atoms with Crippen molar-refractivity contribution in [2.24, 2.45) is 0 Å².